The summed E-state index contributed by atoms with van der Waals surface area (Å²) in [5, 5.41) is -0.398. The van der Waals surface area contributed by atoms with Gasteiger partial charge in [-0.25, -0.2) is 0 Å². The molecule has 0 aliphatic heterocycles. The molecule has 0 spiro atoms. The Hall–Kier alpha value is -0.680. The normalized spacial score (nSPS) is 11.4. The Bertz CT molecular complexity index is 337. The van der Waals surface area contributed by atoms with Crippen LogP contribution in [-0.4, -0.2) is 0 Å². The summed E-state index contributed by atoms with van der Waals surface area (Å²) >= 11 is 5.31. The smallest absolute Gasteiger partial charge is 0.166 e. The van der Waals surface area contributed by atoms with Crippen molar-refractivity contribution >= 4 is 23.3 Å². The molecule has 6 heteroatoms. The van der Waals surface area contributed by atoms with Crippen LogP contribution in [0.1, 0.15) is 5.56 Å². The highest BCUT2D eigenvalue weighted by Gasteiger charge is 2.34. The molecular formula is C7H3ClF3OS+. The van der Waals surface area contributed by atoms with Crippen LogP contribution in [-0.2, 0) is 22.1 Å². The van der Waals surface area contributed by atoms with Crippen molar-refractivity contribution in [3.63, 3.8) is 0 Å². The molecule has 1 aromatic carbocycles. The predicted molar refractivity (Wildman–Crippen MR) is 42.8 cm³/mol. The molecule has 0 N–H and O–H groups in total. The second-order valence-electron chi connectivity index (χ2n) is 2.22. The topological polar surface area (TPSA) is 17.1 Å². The zero-order valence-corrected chi connectivity index (χ0v) is 7.63. The highest BCUT2D eigenvalue weighted by Crippen LogP contribution is 2.35. The first-order valence-electron chi connectivity index (χ1n) is 3.11. The van der Waals surface area contributed by atoms with Crippen LogP contribution in [0.2, 0.25) is 5.02 Å². The molecular weight excluding hydrogens is 225 g/mol. The molecule has 1 nitrogen and oxygen atoms in total. The lowest BCUT2D eigenvalue weighted by molar-refractivity contribution is -0.137. The molecule has 13 heavy (non-hydrogen) atoms. The Balaban J connectivity index is 3.27. The van der Waals surface area contributed by atoms with Gasteiger partial charge in [-0.2, -0.15) is 13.2 Å². The van der Waals surface area contributed by atoms with E-state index in [2.05, 4.69) is 0 Å². The molecule has 0 bridgehead atoms. The van der Waals surface area contributed by atoms with Gasteiger partial charge < -0.3 is 0 Å². The van der Waals surface area contributed by atoms with Crippen molar-refractivity contribution in [3.05, 3.63) is 28.8 Å². The monoisotopic (exact) mass is 227 g/mol. The first-order valence-corrected chi connectivity index (χ1v) is 4.23. The van der Waals surface area contributed by atoms with E-state index in [1.807, 2.05) is 0 Å². The van der Waals surface area contributed by atoms with Gasteiger partial charge in [-0.05, 0) is 6.07 Å². The maximum absolute atomic E-state index is 12.2. The van der Waals surface area contributed by atoms with E-state index >= 15 is 0 Å². The number of hydrogen-bond acceptors (Lipinski definition) is 1. The average molecular weight is 228 g/mol. The molecule has 0 atom stereocenters. The van der Waals surface area contributed by atoms with Crippen LogP contribution in [0.15, 0.2) is 23.1 Å². The van der Waals surface area contributed by atoms with E-state index in [-0.39, 0.29) is 16.6 Å². The summed E-state index contributed by atoms with van der Waals surface area (Å²) in [6.07, 6.45) is -4.51. The second kappa shape index (κ2) is 3.59. The van der Waals surface area contributed by atoms with E-state index < -0.39 is 16.8 Å². The Morgan fingerprint density at radius 1 is 1.31 bits per heavy atom. The minimum absolute atomic E-state index is 0.000864. The SMILES string of the molecule is O=[S+]c1ccc(Cl)c(C(F)(F)F)c1. The Kier molecular flexibility index (Phi) is 2.87. The maximum atomic E-state index is 12.2. The van der Waals surface area contributed by atoms with Gasteiger partial charge in [0.15, 0.2) is 0 Å². The molecule has 0 aliphatic carbocycles. The van der Waals surface area contributed by atoms with Crippen molar-refractivity contribution in [2.45, 2.75) is 11.1 Å². The lowest BCUT2D eigenvalue weighted by atomic mass is 10.2. The number of halogens is 4. The third-order valence-corrected chi connectivity index (χ3v) is 2.12. The highest BCUT2D eigenvalue weighted by molar-refractivity contribution is 7.65. The number of alkyl halides is 3. The molecule has 0 aliphatic rings. The molecule has 0 fully saturated rings. The largest absolute Gasteiger partial charge is 0.505 e. The first kappa shape index (κ1) is 10.4. The molecule has 0 aromatic heterocycles. The van der Waals surface area contributed by atoms with Crippen molar-refractivity contribution in [3.8, 4) is 0 Å². The zero-order chi connectivity index (χ0) is 10.1. The van der Waals surface area contributed by atoms with Gasteiger partial charge in [0.05, 0.1) is 10.6 Å². The van der Waals surface area contributed by atoms with Gasteiger partial charge in [0.25, 0.3) is 4.90 Å². The lowest BCUT2D eigenvalue weighted by Gasteiger charge is -2.06. The fourth-order valence-corrected chi connectivity index (χ4v) is 1.29. The van der Waals surface area contributed by atoms with Crippen LogP contribution in [0.5, 0.6) is 0 Å². The van der Waals surface area contributed by atoms with Crippen molar-refractivity contribution in [1.82, 2.24) is 0 Å². The van der Waals surface area contributed by atoms with Gasteiger partial charge >= 0.3 is 17.8 Å². The van der Waals surface area contributed by atoms with Crippen LogP contribution < -0.4 is 0 Å². The minimum atomic E-state index is -4.51. The fraction of sp³-hybridized carbons (Fsp3) is 0.143. The predicted octanol–water partition coefficient (Wildman–Crippen LogP) is 3.15. The second-order valence-corrected chi connectivity index (χ2v) is 3.27. The van der Waals surface area contributed by atoms with E-state index in [9.17, 15) is 17.4 Å². The zero-order valence-electron chi connectivity index (χ0n) is 6.06. The van der Waals surface area contributed by atoms with E-state index in [4.69, 9.17) is 11.6 Å². The Labute approximate surface area is 81.0 Å². The molecule has 1 rings (SSSR count). The van der Waals surface area contributed by atoms with Gasteiger partial charge in [-0.1, -0.05) is 11.6 Å². The third-order valence-electron chi connectivity index (χ3n) is 1.34. The van der Waals surface area contributed by atoms with Crippen LogP contribution in [0.3, 0.4) is 0 Å². The highest BCUT2D eigenvalue weighted by atomic mass is 35.5. The summed E-state index contributed by atoms with van der Waals surface area (Å²) in [5.74, 6) is 0. The van der Waals surface area contributed by atoms with Crippen LogP contribution in [0.25, 0.3) is 0 Å². The molecule has 0 saturated heterocycles. The molecule has 0 amide bonds. The minimum Gasteiger partial charge on any atom is -0.166 e. The molecule has 0 saturated carbocycles. The summed E-state index contributed by atoms with van der Waals surface area (Å²) in [5.41, 5.74) is -0.977. The third kappa shape index (κ3) is 2.38. The summed E-state index contributed by atoms with van der Waals surface area (Å²) in [7, 11) is 0. The molecule has 1 aromatic rings. The standard InChI is InChI=1S/C7H3ClF3OS/c8-6-2-1-4(13-12)3-5(6)7(9,10)11/h1-3H/q+1. The van der Waals surface area contributed by atoms with E-state index in [0.29, 0.717) is 0 Å². The average Bonchev–Trinajstić information content (AvgIpc) is 2.03. The van der Waals surface area contributed by atoms with E-state index in [0.717, 1.165) is 12.1 Å². The van der Waals surface area contributed by atoms with Crippen LogP contribution >= 0.6 is 11.6 Å². The number of benzene rings is 1. The molecule has 0 unspecified atom stereocenters. The van der Waals surface area contributed by atoms with Gasteiger partial charge in [-0.15, -0.1) is 0 Å². The summed E-state index contributed by atoms with van der Waals surface area (Å²) in [4.78, 5) is -0.00303. The number of rotatable bonds is 1. The summed E-state index contributed by atoms with van der Waals surface area (Å²) in [6, 6.07) is 3.04. The first-order chi connectivity index (χ1) is 5.95. The maximum Gasteiger partial charge on any atom is 0.505 e. The molecule has 0 heterocycles. The molecule has 0 radical (unpaired) electrons. The quantitative estimate of drug-likeness (QED) is 0.674. The summed E-state index contributed by atoms with van der Waals surface area (Å²) in [6.45, 7) is 0. The van der Waals surface area contributed by atoms with Crippen molar-refractivity contribution < 1.29 is 17.4 Å². The van der Waals surface area contributed by atoms with Crippen LogP contribution in [0.4, 0.5) is 13.2 Å². The Morgan fingerprint density at radius 2 is 1.92 bits per heavy atom. The van der Waals surface area contributed by atoms with E-state index in [1.165, 1.54) is 6.07 Å². The van der Waals surface area contributed by atoms with E-state index in [1.54, 1.807) is 0 Å². The molecule has 70 valence electrons. The Morgan fingerprint density at radius 3 is 2.38 bits per heavy atom. The van der Waals surface area contributed by atoms with Crippen molar-refractivity contribution in [2.75, 3.05) is 0 Å². The summed E-state index contributed by atoms with van der Waals surface area (Å²) < 4.78 is 46.7. The van der Waals surface area contributed by atoms with Gasteiger partial charge in [-0.3, -0.25) is 0 Å². The lowest BCUT2D eigenvalue weighted by Crippen LogP contribution is -2.05. The van der Waals surface area contributed by atoms with Crippen molar-refractivity contribution in [1.29, 1.82) is 0 Å². The van der Waals surface area contributed by atoms with Gasteiger partial charge in [0.2, 0.25) is 0 Å². The fourth-order valence-electron chi connectivity index (χ4n) is 0.773. The van der Waals surface area contributed by atoms with Gasteiger partial charge in [0.1, 0.15) is 0 Å². The number of hydrogen-bond donors (Lipinski definition) is 0. The van der Waals surface area contributed by atoms with Gasteiger partial charge in [0, 0.05) is 16.3 Å². The van der Waals surface area contributed by atoms with Crippen LogP contribution in [0, 0.1) is 0 Å². The van der Waals surface area contributed by atoms with Crippen molar-refractivity contribution in [2.24, 2.45) is 0 Å².